The lowest BCUT2D eigenvalue weighted by Crippen LogP contribution is -2.49. The minimum absolute atomic E-state index is 0.202. The lowest BCUT2D eigenvalue weighted by atomic mass is 10.2. The van der Waals surface area contributed by atoms with E-state index in [-0.39, 0.29) is 10.7 Å². The summed E-state index contributed by atoms with van der Waals surface area (Å²) in [7, 11) is 0. The van der Waals surface area contributed by atoms with Crippen molar-refractivity contribution >= 4 is 17.7 Å². The minimum atomic E-state index is 0.202. The molecule has 0 unspecified atom stereocenters. The van der Waals surface area contributed by atoms with Crippen LogP contribution in [0.1, 0.15) is 13.8 Å². The Bertz CT molecular complexity index is 193. The minimum Gasteiger partial charge on any atom is -0.408 e. The zero-order valence-corrected chi connectivity index (χ0v) is 8.27. The molecule has 1 rings (SSSR count). The first-order chi connectivity index (χ1) is 5.55. The summed E-state index contributed by atoms with van der Waals surface area (Å²) in [5, 5.41) is 11.5. The number of oxime groups is 1. The Morgan fingerprint density at radius 3 is 2.83 bits per heavy atom. The van der Waals surface area contributed by atoms with E-state index in [1.165, 1.54) is 0 Å². The molecule has 0 radical (unpaired) electrons. The molecule has 0 aromatic rings. The second-order valence-corrected chi connectivity index (χ2v) is 5.29. The van der Waals surface area contributed by atoms with Gasteiger partial charge in [0.05, 0.1) is 0 Å². The van der Waals surface area contributed by atoms with Crippen LogP contribution in [-0.2, 0) is 0 Å². The van der Waals surface area contributed by atoms with Crippen molar-refractivity contribution in [2.45, 2.75) is 18.6 Å². The Morgan fingerprint density at radius 2 is 2.33 bits per heavy atom. The monoisotopic (exact) mass is 189 g/mol. The van der Waals surface area contributed by atoms with Crippen molar-refractivity contribution in [1.82, 2.24) is 4.90 Å². The molecule has 1 fully saturated rings. The van der Waals surface area contributed by atoms with Crippen molar-refractivity contribution in [2.24, 2.45) is 10.9 Å². The average Bonchev–Trinajstić information content (AvgIpc) is 2.01. The topological polar surface area (TPSA) is 61.8 Å². The Kier molecular flexibility index (Phi) is 2.72. The molecule has 70 valence electrons. The lowest BCUT2D eigenvalue weighted by molar-refractivity contribution is 0.294. The fourth-order valence-electron chi connectivity index (χ4n) is 1.28. The third-order valence-electron chi connectivity index (χ3n) is 1.85. The van der Waals surface area contributed by atoms with Gasteiger partial charge in [0.1, 0.15) is 0 Å². The highest BCUT2D eigenvalue weighted by atomic mass is 32.2. The molecule has 1 aliphatic heterocycles. The Morgan fingerprint density at radius 1 is 1.67 bits per heavy atom. The van der Waals surface area contributed by atoms with Crippen LogP contribution >= 0.6 is 11.8 Å². The first kappa shape index (κ1) is 9.51. The second-order valence-electron chi connectivity index (χ2n) is 3.49. The maximum absolute atomic E-state index is 8.47. The highest BCUT2D eigenvalue weighted by Gasteiger charge is 2.27. The van der Waals surface area contributed by atoms with Gasteiger partial charge in [-0.3, -0.25) is 0 Å². The van der Waals surface area contributed by atoms with E-state index in [2.05, 4.69) is 19.0 Å². The van der Waals surface area contributed by atoms with Gasteiger partial charge in [-0.1, -0.05) is 5.16 Å². The van der Waals surface area contributed by atoms with Crippen molar-refractivity contribution < 1.29 is 5.21 Å². The van der Waals surface area contributed by atoms with Gasteiger partial charge in [-0.15, -0.1) is 0 Å². The number of guanidine groups is 1. The molecule has 5 heteroatoms. The van der Waals surface area contributed by atoms with Crippen LogP contribution in [0.5, 0.6) is 0 Å². The highest BCUT2D eigenvalue weighted by Crippen LogP contribution is 2.29. The molecule has 0 aliphatic carbocycles. The van der Waals surface area contributed by atoms with Crippen LogP contribution in [0.4, 0.5) is 0 Å². The molecule has 0 saturated carbocycles. The Hall–Kier alpha value is -0.580. The first-order valence-electron chi connectivity index (χ1n) is 3.91. The van der Waals surface area contributed by atoms with E-state index in [1.807, 2.05) is 16.7 Å². The molecule has 1 heterocycles. The summed E-state index contributed by atoms with van der Waals surface area (Å²) in [4.78, 5) is 1.90. The van der Waals surface area contributed by atoms with E-state index >= 15 is 0 Å². The fourth-order valence-corrected chi connectivity index (χ4v) is 2.39. The molecule has 4 nitrogen and oxygen atoms in total. The molecule has 0 bridgehead atoms. The molecule has 0 aromatic heterocycles. The van der Waals surface area contributed by atoms with Gasteiger partial charge in [-0.05, 0) is 13.8 Å². The quantitative estimate of drug-likeness (QED) is 0.252. The predicted octanol–water partition coefficient (Wildman–Crippen LogP) is 0.518. The highest BCUT2D eigenvalue weighted by molar-refractivity contribution is 8.00. The molecule has 0 amide bonds. The van der Waals surface area contributed by atoms with Crippen LogP contribution in [0.15, 0.2) is 5.16 Å². The molecular formula is C7H15N3OS. The van der Waals surface area contributed by atoms with Crippen molar-refractivity contribution in [3.63, 3.8) is 0 Å². The van der Waals surface area contributed by atoms with Gasteiger partial charge in [0, 0.05) is 23.6 Å². The van der Waals surface area contributed by atoms with Crippen LogP contribution in [-0.4, -0.2) is 39.7 Å². The number of nitrogens with two attached hydrogens (primary N) is 1. The molecule has 0 atom stereocenters. The van der Waals surface area contributed by atoms with Gasteiger partial charge in [0.25, 0.3) is 0 Å². The number of hydrogen-bond donors (Lipinski definition) is 2. The summed E-state index contributed by atoms with van der Waals surface area (Å²) in [5.74, 6) is 1.26. The molecule has 0 spiro atoms. The van der Waals surface area contributed by atoms with Crippen molar-refractivity contribution in [1.29, 1.82) is 0 Å². The maximum atomic E-state index is 8.47. The maximum Gasteiger partial charge on any atom is 0.233 e. The van der Waals surface area contributed by atoms with Crippen LogP contribution < -0.4 is 5.73 Å². The van der Waals surface area contributed by atoms with Crippen LogP contribution in [0, 0.1) is 0 Å². The Balaban J connectivity index is 2.58. The number of nitrogens with zero attached hydrogens (tertiary/aromatic N) is 2. The lowest BCUT2D eigenvalue weighted by Gasteiger charge is -2.37. The van der Waals surface area contributed by atoms with Crippen LogP contribution in [0.25, 0.3) is 0 Å². The van der Waals surface area contributed by atoms with E-state index in [1.54, 1.807) is 0 Å². The zero-order valence-electron chi connectivity index (χ0n) is 7.45. The predicted molar refractivity (Wildman–Crippen MR) is 51.5 cm³/mol. The molecule has 0 aromatic carbocycles. The Labute approximate surface area is 76.8 Å². The number of hydrogen-bond acceptors (Lipinski definition) is 3. The summed E-state index contributed by atoms with van der Waals surface area (Å²) in [6, 6.07) is 0. The van der Waals surface area contributed by atoms with E-state index in [9.17, 15) is 0 Å². The molecular weight excluding hydrogens is 174 g/mol. The molecule has 1 aliphatic rings. The van der Waals surface area contributed by atoms with Gasteiger partial charge < -0.3 is 15.8 Å². The van der Waals surface area contributed by atoms with Crippen LogP contribution in [0.3, 0.4) is 0 Å². The summed E-state index contributed by atoms with van der Waals surface area (Å²) in [5.41, 5.74) is 5.49. The average molecular weight is 189 g/mol. The zero-order chi connectivity index (χ0) is 9.19. The largest absolute Gasteiger partial charge is 0.408 e. The number of thioether (sulfide) groups is 1. The molecule has 12 heavy (non-hydrogen) atoms. The standard InChI is InChI=1S/C7H15N3OS/c1-7(2)5-10(3-4-12-7)6(8)9-11/h11H,3-5H2,1-2H3,(H2,8,9). The van der Waals surface area contributed by atoms with Gasteiger partial charge in [-0.2, -0.15) is 11.8 Å². The van der Waals surface area contributed by atoms with Crippen molar-refractivity contribution in [3.8, 4) is 0 Å². The van der Waals surface area contributed by atoms with Crippen LogP contribution in [0.2, 0.25) is 0 Å². The molecule has 1 saturated heterocycles. The van der Waals surface area contributed by atoms with E-state index in [0.717, 1.165) is 18.8 Å². The van der Waals surface area contributed by atoms with Crippen molar-refractivity contribution in [2.75, 3.05) is 18.8 Å². The van der Waals surface area contributed by atoms with Gasteiger partial charge >= 0.3 is 0 Å². The fraction of sp³-hybridized carbons (Fsp3) is 0.857. The number of rotatable bonds is 0. The third-order valence-corrected chi connectivity index (χ3v) is 3.15. The molecule has 3 N–H and O–H groups in total. The van der Waals surface area contributed by atoms with E-state index in [0.29, 0.717) is 0 Å². The normalized spacial score (nSPS) is 24.2. The van der Waals surface area contributed by atoms with Gasteiger partial charge in [0.2, 0.25) is 5.96 Å². The van der Waals surface area contributed by atoms with Gasteiger partial charge in [0.15, 0.2) is 0 Å². The summed E-state index contributed by atoms with van der Waals surface area (Å²) < 4.78 is 0.202. The summed E-state index contributed by atoms with van der Waals surface area (Å²) in [6.45, 7) is 6.03. The second kappa shape index (κ2) is 3.43. The third kappa shape index (κ3) is 2.20. The van der Waals surface area contributed by atoms with E-state index in [4.69, 9.17) is 10.9 Å². The van der Waals surface area contributed by atoms with Crippen molar-refractivity contribution in [3.05, 3.63) is 0 Å². The summed E-state index contributed by atoms with van der Waals surface area (Å²) in [6.07, 6.45) is 0. The van der Waals surface area contributed by atoms with Gasteiger partial charge in [-0.25, -0.2) is 0 Å². The summed E-state index contributed by atoms with van der Waals surface area (Å²) >= 11 is 1.92. The smallest absolute Gasteiger partial charge is 0.233 e. The van der Waals surface area contributed by atoms with E-state index < -0.39 is 0 Å². The first-order valence-corrected chi connectivity index (χ1v) is 4.90. The SMILES string of the molecule is CC1(C)CN(C(N)=NO)CCS1.